The molecule has 3 saturated carbocycles. The number of nitrogens with one attached hydrogen (secondary N) is 1. The summed E-state index contributed by atoms with van der Waals surface area (Å²) in [5, 5.41) is 8.59. The number of fused-ring (bicyclic) bond motifs is 5. The fourth-order valence-electron chi connectivity index (χ4n) is 7.14. The van der Waals surface area contributed by atoms with Crippen molar-refractivity contribution in [2.24, 2.45) is 34.5 Å². The summed E-state index contributed by atoms with van der Waals surface area (Å²) in [6.07, 6.45) is 8.69. The normalized spacial score (nSPS) is 47.5. The lowest BCUT2D eigenvalue weighted by atomic mass is 9.46. The summed E-state index contributed by atoms with van der Waals surface area (Å²) >= 11 is 0. The van der Waals surface area contributed by atoms with Crippen molar-refractivity contribution in [2.45, 2.75) is 65.7 Å². The molecule has 130 valence electrons. The van der Waals surface area contributed by atoms with Crippen LogP contribution in [-0.4, -0.2) is 17.3 Å². The van der Waals surface area contributed by atoms with Crippen LogP contribution < -0.4 is 0 Å². The van der Waals surface area contributed by atoms with Gasteiger partial charge >= 0.3 is 0 Å². The highest BCUT2D eigenvalue weighted by Gasteiger charge is 2.60. The molecule has 4 aliphatic rings. The number of allylic oxidation sites excluding steroid dienone is 1. The Morgan fingerprint density at radius 1 is 1.17 bits per heavy atom. The third-order valence-corrected chi connectivity index (χ3v) is 8.40. The average Bonchev–Trinajstić information content (AvgIpc) is 2.86. The molecule has 0 aromatic heterocycles. The van der Waals surface area contributed by atoms with Gasteiger partial charge in [0.2, 0.25) is 0 Å². The Morgan fingerprint density at radius 3 is 2.62 bits per heavy atom. The maximum absolute atomic E-state index is 12.2. The predicted molar refractivity (Wildman–Crippen MR) is 94.0 cm³/mol. The first-order valence-electron chi connectivity index (χ1n) is 9.60. The molecule has 0 aromatic carbocycles. The van der Waals surface area contributed by atoms with E-state index in [1.807, 2.05) is 6.08 Å². The monoisotopic (exact) mass is 327 g/mol. The van der Waals surface area contributed by atoms with Crippen molar-refractivity contribution in [3.8, 4) is 0 Å². The Morgan fingerprint density at radius 2 is 1.92 bits per heavy atom. The minimum Gasteiger partial charge on any atom is -0.308 e. The SMILES string of the molecule is CC(=O)[C@H]1CC[C@H]2[C@@H]3CCC4=CC(=O)CC(=N)[C@]4(C)[C@H]3CC[C@]12C. The second-order valence-electron chi connectivity index (χ2n) is 9.19. The minimum atomic E-state index is -0.202. The van der Waals surface area contributed by atoms with E-state index in [9.17, 15) is 9.59 Å². The zero-order valence-electron chi connectivity index (χ0n) is 15.2. The van der Waals surface area contributed by atoms with E-state index in [1.54, 1.807) is 6.92 Å². The number of carbonyl (C=O) groups excluding carboxylic acids is 2. The molecule has 0 amide bonds. The molecule has 0 bridgehead atoms. The highest BCUT2D eigenvalue weighted by Crippen LogP contribution is 2.66. The van der Waals surface area contributed by atoms with E-state index < -0.39 is 0 Å². The van der Waals surface area contributed by atoms with Crippen LogP contribution in [0.15, 0.2) is 11.6 Å². The van der Waals surface area contributed by atoms with Crippen molar-refractivity contribution in [3.63, 3.8) is 0 Å². The number of ketones is 2. The number of carbonyl (C=O) groups is 2. The highest BCUT2D eigenvalue weighted by molar-refractivity contribution is 6.12. The summed E-state index contributed by atoms with van der Waals surface area (Å²) in [5.74, 6) is 2.45. The van der Waals surface area contributed by atoms with Gasteiger partial charge in [0.25, 0.3) is 0 Å². The molecule has 0 aromatic rings. The summed E-state index contributed by atoms with van der Waals surface area (Å²) in [5.41, 5.74) is 1.82. The molecule has 4 rings (SSSR count). The molecule has 0 aliphatic heterocycles. The standard InChI is InChI=1S/C21H29NO2/c1-12(23)16-6-7-17-15-5-4-13-10-14(24)11-19(22)21(13,3)18(15)8-9-20(16,17)2/h10,15-18,22H,4-9,11H2,1-3H3/t15-,16+,17-,18-,20+,21-/m0/s1. The topological polar surface area (TPSA) is 58.0 Å². The Labute approximate surface area is 144 Å². The van der Waals surface area contributed by atoms with Crippen LogP contribution >= 0.6 is 0 Å². The van der Waals surface area contributed by atoms with Crippen LogP contribution in [0.4, 0.5) is 0 Å². The van der Waals surface area contributed by atoms with E-state index in [2.05, 4.69) is 13.8 Å². The lowest BCUT2D eigenvalue weighted by Crippen LogP contribution is -2.53. The second kappa shape index (κ2) is 5.12. The smallest absolute Gasteiger partial charge is 0.161 e. The third-order valence-electron chi connectivity index (χ3n) is 8.40. The molecule has 24 heavy (non-hydrogen) atoms. The molecular formula is C21H29NO2. The van der Waals surface area contributed by atoms with Crippen LogP contribution in [0.2, 0.25) is 0 Å². The molecule has 0 saturated heterocycles. The van der Waals surface area contributed by atoms with Crippen molar-refractivity contribution in [3.05, 3.63) is 11.6 Å². The van der Waals surface area contributed by atoms with E-state index in [-0.39, 0.29) is 22.5 Å². The van der Waals surface area contributed by atoms with Gasteiger partial charge in [-0.05, 0) is 74.7 Å². The molecule has 0 spiro atoms. The van der Waals surface area contributed by atoms with Gasteiger partial charge < -0.3 is 5.41 Å². The zero-order valence-corrected chi connectivity index (χ0v) is 15.2. The first-order valence-corrected chi connectivity index (χ1v) is 9.60. The molecule has 4 aliphatic carbocycles. The van der Waals surface area contributed by atoms with E-state index in [1.165, 1.54) is 12.0 Å². The first kappa shape index (κ1) is 16.2. The van der Waals surface area contributed by atoms with Crippen LogP contribution in [0.3, 0.4) is 0 Å². The summed E-state index contributed by atoms with van der Waals surface area (Å²) in [6.45, 7) is 6.36. The molecule has 3 nitrogen and oxygen atoms in total. The van der Waals surface area contributed by atoms with Gasteiger partial charge in [0.1, 0.15) is 5.78 Å². The van der Waals surface area contributed by atoms with E-state index >= 15 is 0 Å². The van der Waals surface area contributed by atoms with Crippen molar-refractivity contribution < 1.29 is 9.59 Å². The Bertz CT molecular complexity index is 663. The van der Waals surface area contributed by atoms with Crippen LogP contribution in [0.25, 0.3) is 0 Å². The van der Waals surface area contributed by atoms with Crippen LogP contribution in [0.5, 0.6) is 0 Å². The fraction of sp³-hybridized carbons (Fsp3) is 0.762. The lowest BCUT2D eigenvalue weighted by molar-refractivity contribution is -0.127. The van der Waals surface area contributed by atoms with Gasteiger partial charge in [0, 0.05) is 23.5 Å². The van der Waals surface area contributed by atoms with Crippen molar-refractivity contribution in [2.75, 3.05) is 0 Å². The predicted octanol–water partition coefficient (Wildman–Crippen LogP) is 4.35. The Hall–Kier alpha value is -1.25. The lowest BCUT2D eigenvalue weighted by Gasteiger charge is -2.57. The molecule has 3 heteroatoms. The van der Waals surface area contributed by atoms with Gasteiger partial charge in [-0.15, -0.1) is 0 Å². The minimum absolute atomic E-state index is 0.115. The van der Waals surface area contributed by atoms with E-state index in [0.29, 0.717) is 35.7 Å². The molecule has 3 fully saturated rings. The van der Waals surface area contributed by atoms with Crippen LogP contribution in [0, 0.1) is 39.9 Å². The zero-order chi connectivity index (χ0) is 17.3. The van der Waals surface area contributed by atoms with Gasteiger partial charge in [-0.25, -0.2) is 0 Å². The van der Waals surface area contributed by atoms with E-state index in [0.717, 1.165) is 32.1 Å². The van der Waals surface area contributed by atoms with Crippen molar-refractivity contribution in [1.29, 1.82) is 5.41 Å². The van der Waals surface area contributed by atoms with Crippen LogP contribution in [0.1, 0.15) is 65.7 Å². The molecule has 6 atom stereocenters. The van der Waals surface area contributed by atoms with E-state index in [4.69, 9.17) is 5.41 Å². The summed E-state index contributed by atoms with van der Waals surface area (Å²) < 4.78 is 0. The van der Waals surface area contributed by atoms with Gasteiger partial charge in [-0.3, -0.25) is 9.59 Å². The third kappa shape index (κ3) is 1.93. The first-order chi connectivity index (χ1) is 11.3. The van der Waals surface area contributed by atoms with Gasteiger partial charge in [-0.2, -0.15) is 0 Å². The van der Waals surface area contributed by atoms with Gasteiger partial charge in [0.15, 0.2) is 5.78 Å². The molecule has 0 radical (unpaired) electrons. The molecule has 1 N–H and O–H groups in total. The maximum Gasteiger partial charge on any atom is 0.161 e. The summed E-state index contributed by atoms with van der Waals surface area (Å²) in [6, 6.07) is 0. The fourth-order valence-corrected chi connectivity index (χ4v) is 7.14. The number of Topliss-reactive ketones (excluding diaryl/α,β-unsaturated/α-hetero) is 1. The quantitative estimate of drug-likeness (QED) is 0.778. The Balaban J connectivity index is 1.71. The molecule has 0 heterocycles. The van der Waals surface area contributed by atoms with Gasteiger partial charge in [0.05, 0.1) is 0 Å². The molecule has 0 unspecified atom stereocenters. The van der Waals surface area contributed by atoms with Crippen LogP contribution in [-0.2, 0) is 9.59 Å². The highest BCUT2D eigenvalue weighted by atomic mass is 16.1. The summed E-state index contributed by atoms with van der Waals surface area (Å²) in [4.78, 5) is 24.1. The average molecular weight is 327 g/mol. The number of hydrogen-bond donors (Lipinski definition) is 1. The maximum atomic E-state index is 12.2. The second-order valence-corrected chi connectivity index (χ2v) is 9.19. The largest absolute Gasteiger partial charge is 0.308 e. The van der Waals surface area contributed by atoms with Crippen molar-refractivity contribution >= 4 is 17.3 Å². The number of rotatable bonds is 1. The van der Waals surface area contributed by atoms with Crippen molar-refractivity contribution in [1.82, 2.24) is 0 Å². The number of hydrogen-bond acceptors (Lipinski definition) is 3. The van der Waals surface area contributed by atoms with Gasteiger partial charge in [-0.1, -0.05) is 19.4 Å². The summed E-state index contributed by atoms with van der Waals surface area (Å²) in [7, 11) is 0. The molecular weight excluding hydrogens is 298 g/mol. The Kier molecular flexibility index (Phi) is 3.47.